The van der Waals surface area contributed by atoms with Gasteiger partial charge in [0.25, 0.3) is 0 Å². The normalized spacial score (nSPS) is 35.6. The maximum Gasteiger partial charge on any atom is 0.0863 e. The lowest BCUT2D eigenvalue weighted by Gasteiger charge is -2.49. The molecular formula is C50H60N4. The van der Waals surface area contributed by atoms with Crippen LogP contribution in [0.2, 0.25) is 0 Å². The highest BCUT2D eigenvalue weighted by atomic mass is 15.4. The van der Waals surface area contributed by atoms with Gasteiger partial charge in [-0.2, -0.15) is 5.26 Å². The van der Waals surface area contributed by atoms with E-state index in [-0.39, 0.29) is 23.2 Å². The topological polar surface area (TPSA) is 44.0 Å². The van der Waals surface area contributed by atoms with Crippen LogP contribution in [0, 0.1) is 34.0 Å². The molecule has 2 aromatic rings. The van der Waals surface area contributed by atoms with Crippen molar-refractivity contribution < 1.29 is 0 Å². The molecule has 1 aromatic carbocycles. The summed E-state index contributed by atoms with van der Waals surface area (Å²) >= 11 is 0. The van der Waals surface area contributed by atoms with Crippen LogP contribution in [0.15, 0.2) is 78.1 Å². The molecule has 54 heavy (non-hydrogen) atoms. The fourth-order valence-electron chi connectivity index (χ4n) is 12.9. The maximum atomic E-state index is 10.2. The molecule has 6 aliphatic carbocycles. The molecule has 0 bridgehead atoms. The Morgan fingerprint density at radius 2 is 1.69 bits per heavy atom. The largest absolute Gasteiger partial charge is 0.352 e. The molecule has 1 aromatic heterocycles. The van der Waals surface area contributed by atoms with Gasteiger partial charge in [0.2, 0.25) is 0 Å². The highest BCUT2D eigenvalue weighted by Gasteiger charge is 2.53. The third-order valence-electron chi connectivity index (χ3n) is 15.4. The Balaban J connectivity index is 1.08. The summed E-state index contributed by atoms with van der Waals surface area (Å²) in [6.07, 6.45) is 42.6. The van der Waals surface area contributed by atoms with Gasteiger partial charge in [-0.1, -0.05) is 86.6 Å². The molecule has 8 aliphatic rings. The highest BCUT2D eigenvalue weighted by molar-refractivity contribution is 5.72. The minimum atomic E-state index is -0.264. The van der Waals surface area contributed by atoms with E-state index in [0.29, 0.717) is 23.8 Å². The zero-order valence-corrected chi connectivity index (χ0v) is 32.8. The van der Waals surface area contributed by atoms with Crippen LogP contribution in [0.4, 0.5) is 0 Å². The Bertz CT molecular complexity index is 2040. The third kappa shape index (κ3) is 5.62. The molecule has 1 saturated heterocycles. The average Bonchev–Trinajstić information content (AvgIpc) is 3.70. The Kier molecular flexibility index (Phi) is 8.82. The van der Waals surface area contributed by atoms with E-state index in [0.717, 1.165) is 57.8 Å². The van der Waals surface area contributed by atoms with Gasteiger partial charge in [0.15, 0.2) is 0 Å². The molecule has 2 aliphatic heterocycles. The molecule has 1 N–H and O–H groups in total. The quantitative estimate of drug-likeness (QED) is 0.313. The lowest BCUT2D eigenvalue weighted by Crippen LogP contribution is -2.56. The number of nitrogens with one attached hydrogen (secondary N) is 1. The van der Waals surface area contributed by atoms with Crippen LogP contribution in [-0.4, -0.2) is 21.7 Å². The Morgan fingerprint density at radius 3 is 2.61 bits per heavy atom. The standard InChI is InChI=1S/C50H60N4/c1-49(33-51)28-15-16-34(32-49)36-17-3-5-19-38(36)39-20-6-4-18-37(39)35-30-47(53-43-24-10-7-21-40(43)41-22-8-11-25-44(41)53)52-48(31-35)54-45-26-12-9-23-42(45)50(2)29-14-13-27-46(50)54/h4,6-7,11-12,15-16,18-21,25-26,34-36,46-48,52H,3,5,8-10,13-14,17,22-24,27-32H2,1-2H3. The number of allylic oxidation sites excluding steroid dienone is 8. The molecule has 10 rings (SSSR count). The average molecular weight is 717 g/mol. The monoisotopic (exact) mass is 716 g/mol. The first-order chi connectivity index (χ1) is 26.5. The SMILES string of the molecule is CC1(C#N)CC=CC(C2CCCC=C2c2ccccc2C2CC(N3C4=C(CCC=C4)C4(C)CCCCC34)NC(n3c4c(c5c3CCC=C5)CCC=C4)C2)C1. The number of nitriles is 1. The molecule has 3 heterocycles. The predicted molar refractivity (Wildman–Crippen MR) is 222 cm³/mol. The summed E-state index contributed by atoms with van der Waals surface area (Å²) in [4.78, 5) is 2.95. The number of aromatic nitrogens is 1. The first kappa shape index (κ1) is 34.7. The Hall–Kier alpha value is -3.81. The second-order valence-electron chi connectivity index (χ2n) is 18.7. The lowest BCUT2D eigenvalue weighted by atomic mass is 9.66. The van der Waals surface area contributed by atoms with Crippen molar-refractivity contribution >= 4 is 17.7 Å². The lowest BCUT2D eigenvalue weighted by molar-refractivity contribution is 0.0410. The van der Waals surface area contributed by atoms with Crippen molar-refractivity contribution in [2.45, 2.75) is 147 Å². The van der Waals surface area contributed by atoms with E-state index in [1.54, 1.807) is 33.7 Å². The minimum absolute atomic E-state index is 0.231. The van der Waals surface area contributed by atoms with E-state index in [1.807, 2.05) is 0 Å². The molecule has 4 nitrogen and oxygen atoms in total. The van der Waals surface area contributed by atoms with E-state index >= 15 is 0 Å². The molecule has 0 spiro atoms. The van der Waals surface area contributed by atoms with Gasteiger partial charge in [-0.15, -0.1) is 0 Å². The van der Waals surface area contributed by atoms with E-state index < -0.39 is 0 Å². The van der Waals surface area contributed by atoms with Crippen LogP contribution >= 0.6 is 0 Å². The number of rotatable bonds is 5. The van der Waals surface area contributed by atoms with Gasteiger partial charge in [-0.3, -0.25) is 5.32 Å². The molecule has 8 atom stereocenters. The van der Waals surface area contributed by atoms with Crippen molar-refractivity contribution in [2.24, 2.45) is 22.7 Å². The summed E-state index contributed by atoms with van der Waals surface area (Å²) in [5, 5.41) is 14.6. The van der Waals surface area contributed by atoms with Crippen LogP contribution in [0.25, 0.3) is 17.7 Å². The van der Waals surface area contributed by atoms with Crippen LogP contribution in [0.1, 0.15) is 156 Å². The smallest absolute Gasteiger partial charge is 0.0863 e. The van der Waals surface area contributed by atoms with Gasteiger partial charge >= 0.3 is 0 Å². The molecule has 1 saturated carbocycles. The number of benzene rings is 1. The molecule has 280 valence electrons. The molecule has 8 unspecified atom stereocenters. The van der Waals surface area contributed by atoms with Gasteiger partial charge in [-0.25, -0.2) is 0 Å². The van der Waals surface area contributed by atoms with Crippen molar-refractivity contribution in [2.75, 3.05) is 0 Å². The van der Waals surface area contributed by atoms with Gasteiger partial charge < -0.3 is 9.47 Å². The van der Waals surface area contributed by atoms with E-state index in [9.17, 15) is 5.26 Å². The molecule has 2 fully saturated rings. The van der Waals surface area contributed by atoms with Crippen LogP contribution in [0.5, 0.6) is 0 Å². The van der Waals surface area contributed by atoms with E-state index in [2.05, 4.69) is 114 Å². The zero-order valence-electron chi connectivity index (χ0n) is 32.8. The van der Waals surface area contributed by atoms with Gasteiger partial charge in [0.05, 0.1) is 23.8 Å². The summed E-state index contributed by atoms with van der Waals surface area (Å²) in [7, 11) is 0. The summed E-state index contributed by atoms with van der Waals surface area (Å²) in [6.45, 7) is 4.81. The number of hydrogen-bond donors (Lipinski definition) is 1. The van der Waals surface area contributed by atoms with Crippen molar-refractivity contribution in [3.8, 4) is 6.07 Å². The van der Waals surface area contributed by atoms with Crippen LogP contribution in [0.3, 0.4) is 0 Å². The van der Waals surface area contributed by atoms with Gasteiger partial charge in [0, 0.05) is 28.5 Å². The van der Waals surface area contributed by atoms with Crippen molar-refractivity contribution in [1.82, 2.24) is 14.8 Å². The fraction of sp³-hybridized carbons (Fsp3) is 0.540. The maximum absolute atomic E-state index is 10.2. The summed E-state index contributed by atoms with van der Waals surface area (Å²) in [5.41, 5.74) is 14.0. The number of hydrogen-bond acceptors (Lipinski definition) is 3. The third-order valence-corrected chi connectivity index (χ3v) is 15.4. The van der Waals surface area contributed by atoms with Crippen molar-refractivity contribution in [1.29, 1.82) is 5.26 Å². The van der Waals surface area contributed by atoms with Gasteiger partial charge in [-0.05, 0) is 167 Å². The van der Waals surface area contributed by atoms with Crippen molar-refractivity contribution in [3.05, 3.63) is 112 Å². The first-order valence-corrected chi connectivity index (χ1v) is 21.9. The predicted octanol–water partition coefficient (Wildman–Crippen LogP) is 11.9. The highest BCUT2D eigenvalue weighted by Crippen LogP contribution is 2.57. The molecule has 0 radical (unpaired) electrons. The first-order valence-electron chi connectivity index (χ1n) is 21.9. The molecule has 4 heteroatoms. The summed E-state index contributed by atoms with van der Waals surface area (Å²) in [6, 6.07) is 12.9. The second kappa shape index (κ2) is 13.7. The molecular weight excluding hydrogens is 657 g/mol. The summed E-state index contributed by atoms with van der Waals surface area (Å²) < 4.78 is 2.80. The summed E-state index contributed by atoms with van der Waals surface area (Å²) in [5.74, 6) is 1.32. The number of fused-ring (bicyclic) bond motifs is 5. The number of piperidine rings is 1. The van der Waals surface area contributed by atoms with Crippen molar-refractivity contribution in [3.63, 3.8) is 0 Å². The fourth-order valence-corrected chi connectivity index (χ4v) is 12.9. The Morgan fingerprint density at radius 1 is 0.852 bits per heavy atom. The molecule has 0 amide bonds. The zero-order chi connectivity index (χ0) is 36.4. The van der Waals surface area contributed by atoms with Crippen LogP contribution in [-0.2, 0) is 12.8 Å². The van der Waals surface area contributed by atoms with E-state index in [1.165, 1.54) is 68.2 Å². The van der Waals surface area contributed by atoms with E-state index in [4.69, 9.17) is 0 Å². The number of nitrogens with zero attached hydrogens (tertiary/aromatic N) is 3. The second-order valence-corrected chi connectivity index (χ2v) is 18.7. The van der Waals surface area contributed by atoms with Gasteiger partial charge in [0.1, 0.15) is 0 Å². The van der Waals surface area contributed by atoms with Crippen LogP contribution < -0.4 is 5.32 Å². The Labute approximate surface area is 324 Å². The minimum Gasteiger partial charge on any atom is -0.352 e.